The summed E-state index contributed by atoms with van der Waals surface area (Å²) in [5, 5.41) is 17.5. The largest absolute Gasteiger partial charge is 0.507 e. The molecule has 14 heavy (non-hydrogen) atoms. The van der Waals surface area contributed by atoms with Crippen LogP contribution >= 0.6 is 0 Å². The molecule has 0 amide bonds. The number of nitrogen functional groups attached to an aromatic ring is 1. The fourth-order valence-electron chi connectivity index (χ4n) is 0.730. The van der Waals surface area contributed by atoms with Crippen molar-refractivity contribution in [1.29, 1.82) is 0 Å². The molecule has 75 valence electrons. The average Bonchev–Trinajstić information content (AvgIpc) is 1.85. The molecule has 0 aliphatic carbocycles. The molecule has 0 atom stereocenters. The van der Waals surface area contributed by atoms with Crippen LogP contribution in [0.4, 0.5) is 5.69 Å². The number of rotatable bonds is 1. The van der Waals surface area contributed by atoms with Crippen molar-refractivity contribution in [3.63, 3.8) is 0 Å². The Balaban J connectivity index is -0.000000403. The second kappa shape index (κ2) is 7.60. The second-order valence-corrected chi connectivity index (χ2v) is 2.08. The van der Waals surface area contributed by atoms with Crippen LogP contribution in [0.2, 0.25) is 0 Å². The maximum Gasteiger partial charge on any atom is 0.339 e. The van der Waals surface area contributed by atoms with Crippen LogP contribution in [0.25, 0.3) is 0 Å². The van der Waals surface area contributed by atoms with E-state index in [2.05, 4.69) is 0 Å². The Morgan fingerprint density at radius 3 is 2.14 bits per heavy atom. The monoisotopic (exact) mass is 212 g/mol. The minimum Gasteiger partial charge on any atom is -0.507 e. The minimum atomic E-state index is -1.16. The Labute approximate surface area is 102 Å². The number of benzene rings is 1. The Morgan fingerprint density at radius 2 is 1.79 bits per heavy atom. The molecule has 0 spiro atoms. The van der Waals surface area contributed by atoms with Crippen LogP contribution in [0, 0.1) is 0 Å². The molecule has 0 unspecified atom stereocenters. The molecule has 8 N–H and O–H groups in total. The van der Waals surface area contributed by atoms with Crippen LogP contribution in [0.15, 0.2) is 18.2 Å². The van der Waals surface area contributed by atoms with Gasteiger partial charge in [0, 0.05) is 41.3 Å². The molecule has 0 fully saturated rings. The fraction of sp³-hybridized carbons (Fsp3) is 0. The predicted octanol–water partition coefficient (Wildman–Crippen LogP) is -1.36. The van der Waals surface area contributed by atoms with Gasteiger partial charge in [-0.2, -0.15) is 0 Å². The molecule has 0 aliphatic rings. The third kappa shape index (κ3) is 4.45. The number of aromatic carboxylic acids is 1. The molecular weight excluding hydrogens is 201 g/mol. The first-order valence-corrected chi connectivity index (χ1v) is 2.93. The number of phenols is 1. The Bertz CT molecular complexity index is 304. The summed E-state index contributed by atoms with van der Waals surface area (Å²) < 4.78 is 0. The molecular formula is C7H11NNaO5. The van der Waals surface area contributed by atoms with Gasteiger partial charge in [-0.15, -0.1) is 0 Å². The summed E-state index contributed by atoms with van der Waals surface area (Å²) in [7, 11) is 0. The van der Waals surface area contributed by atoms with Crippen LogP contribution in [-0.4, -0.2) is 56.7 Å². The number of carboxylic acid groups (broad SMARTS) is 1. The van der Waals surface area contributed by atoms with E-state index in [0.29, 0.717) is 5.69 Å². The second-order valence-electron chi connectivity index (χ2n) is 2.08. The van der Waals surface area contributed by atoms with Gasteiger partial charge in [0.15, 0.2) is 0 Å². The maximum atomic E-state index is 10.3. The number of hydrogen-bond donors (Lipinski definition) is 3. The van der Waals surface area contributed by atoms with E-state index in [1.54, 1.807) is 0 Å². The first-order chi connectivity index (χ1) is 5.11. The SMILES string of the molecule is Nc1ccc(C(=O)O)c(O)c1.O.O.[Na]. The Hall–Kier alpha value is -0.790. The normalized spacial score (nSPS) is 7.43. The third-order valence-corrected chi connectivity index (χ3v) is 1.25. The van der Waals surface area contributed by atoms with Crippen molar-refractivity contribution in [1.82, 2.24) is 0 Å². The number of carboxylic acids is 1. The van der Waals surface area contributed by atoms with Crippen LogP contribution in [0.3, 0.4) is 0 Å². The molecule has 0 aliphatic heterocycles. The van der Waals surface area contributed by atoms with E-state index >= 15 is 0 Å². The van der Waals surface area contributed by atoms with Crippen LogP contribution in [0.1, 0.15) is 10.4 Å². The van der Waals surface area contributed by atoms with Crippen LogP contribution in [-0.2, 0) is 0 Å². The van der Waals surface area contributed by atoms with Crippen LogP contribution in [0.5, 0.6) is 5.75 Å². The van der Waals surface area contributed by atoms with Gasteiger partial charge in [0.2, 0.25) is 0 Å². The summed E-state index contributed by atoms with van der Waals surface area (Å²) in [5.41, 5.74) is 5.48. The summed E-state index contributed by atoms with van der Waals surface area (Å²) in [5.74, 6) is -1.47. The molecule has 7 heteroatoms. The molecule has 0 bridgehead atoms. The summed E-state index contributed by atoms with van der Waals surface area (Å²) >= 11 is 0. The van der Waals surface area contributed by atoms with Crippen molar-refractivity contribution < 1.29 is 26.0 Å². The van der Waals surface area contributed by atoms with Crippen molar-refractivity contribution in [2.75, 3.05) is 5.73 Å². The maximum absolute atomic E-state index is 10.3. The number of hydrogen-bond acceptors (Lipinski definition) is 3. The van der Waals surface area contributed by atoms with Crippen molar-refractivity contribution >= 4 is 41.2 Å². The molecule has 1 aromatic carbocycles. The molecule has 0 heterocycles. The molecule has 1 aromatic rings. The van der Waals surface area contributed by atoms with Gasteiger partial charge in [-0.3, -0.25) is 0 Å². The number of aromatic hydroxyl groups is 1. The number of nitrogens with two attached hydrogens (primary N) is 1. The molecule has 0 saturated carbocycles. The zero-order valence-corrected chi connectivity index (χ0v) is 9.61. The first-order valence-electron chi connectivity index (χ1n) is 2.93. The standard InChI is InChI=1S/C7H7NO3.Na.2H2O/c8-4-1-2-5(7(10)11)6(9)3-4;;;/h1-3,9H,8H2,(H,10,11);;2*1H2. The zero-order valence-electron chi connectivity index (χ0n) is 7.61. The van der Waals surface area contributed by atoms with Gasteiger partial charge < -0.3 is 26.9 Å². The Morgan fingerprint density at radius 1 is 1.29 bits per heavy atom. The molecule has 0 saturated heterocycles. The van der Waals surface area contributed by atoms with Crippen LogP contribution < -0.4 is 5.73 Å². The van der Waals surface area contributed by atoms with E-state index in [-0.39, 0.29) is 51.8 Å². The first kappa shape index (κ1) is 18.9. The minimum absolute atomic E-state index is 0. The summed E-state index contributed by atoms with van der Waals surface area (Å²) in [4.78, 5) is 10.3. The molecule has 1 rings (SSSR count). The topological polar surface area (TPSA) is 147 Å². The molecule has 1 radical (unpaired) electrons. The van der Waals surface area contributed by atoms with E-state index in [9.17, 15) is 4.79 Å². The Kier molecular flexibility index (Phi) is 10.3. The van der Waals surface area contributed by atoms with E-state index in [1.807, 2.05) is 0 Å². The average molecular weight is 212 g/mol. The van der Waals surface area contributed by atoms with Crippen molar-refractivity contribution in [2.45, 2.75) is 0 Å². The zero-order chi connectivity index (χ0) is 8.43. The van der Waals surface area contributed by atoms with Gasteiger partial charge in [0.1, 0.15) is 11.3 Å². The smallest absolute Gasteiger partial charge is 0.339 e. The quantitative estimate of drug-likeness (QED) is 0.389. The van der Waals surface area contributed by atoms with Crippen molar-refractivity contribution in [3.8, 4) is 5.75 Å². The van der Waals surface area contributed by atoms with Gasteiger partial charge in [0.05, 0.1) is 0 Å². The van der Waals surface area contributed by atoms with E-state index in [4.69, 9.17) is 15.9 Å². The third-order valence-electron chi connectivity index (χ3n) is 1.25. The summed E-state index contributed by atoms with van der Waals surface area (Å²) in [6.07, 6.45) is 0. The fourth-order valence-corrected chi connectivity index (χ4v) is 0.730. The molecule has 0 aromatic heterocycles. The van der Waals surface area contributed by atoms with Gasteiger partial charge in [0.25, 0.3) is 0 Å². The van der Waals surface area contributed by atoms with Gasteiger partial charge in [-0.05, 0) is 12.1 Å². The van der Waals surface area contributed by atoms with Crippen molar-refractivity contribution in [2.24, 2.45) is 0 Å². The van der Waals surface area contributed by atoms with E-state index < -0.39 is 5.97 Å². The van der Waals surface area contributed by atoms with E-state index in [0.717, 1.165) is 0 Å². The van der Waals surface area contributed by atoms with Gasteiger partial charge in [-0.25, -0.2) is 4.79 Å². The van der Waals surface area contributed by atoms with E-state index in [1.165, 1.54) is 18.2 Å². The number of anilines is 1. The predicted molar refractivity (Wildman–Crippen MR) is 52.5 cm³/mol. The van der Waals surface area contributed by atoms with Crippen molar-refractivity contribution in [3.05, 3.63) is 23.8 Å². The summed E-state index contributed by atoms with van der Waals surface area (Å²) in [6, 6.07) is 3.87. The van der Waals surface area contributed by atoms with Gasteiger partial charge in [-0.1, -0.05) is 0 Å². The number of carbonyl (C=O) groups is 1. The summed E-state index contributed by atoms with van der Waals surface area (Å²) in [6.45, 7) is 0. The molecule has 6 nitrogen and oxygen atoms in total. The van der Waals surface area contributed by atoms with Gasteiger partial charge >= 0.3 is 5.97 Å².